The van der Waals surface area contributed by atoms with Gasteiger partial charge in [0.25, 0.3) is 0 Å². The molecule has 0 bridgehead atoms. The number of aliphatic hydroxyl groups is 1. The van der Waals surface area contributed by atoms with Crippen LogP contribution in [0.5, 0.6) is 0 Å². The molecule has 19 heavy (non-hydrogen) atoms. The molecule has 1 heterocycles. The number of carbonyl (C=O) groups is 1. The van der Waals surface area contributed by atoms with Crippen molar-refractivity contribution in [1.82, 2.24) is 9.21 Å². The largest absolute Gasteiger partial charge is 0.393 e. The lowest BCUT2D eigenvalue weighted by molar-refractivity contribution is -0.135. The Morgan fingerprint density at radius 3 is 2.63 bits per heavy atom. The van der Waals surface area contributed by atoms with Gasteiger partial charge in [-0.2, -0.15) is 4.31 Å². The van der Waals surface area contributed by atoms with Gasteiger partial charge in [0.1, 0.15) is 6.04 Å². The SMILES string of the molecule is CC(O)CCN(C)C(=O)C1CCCCN1S(C)(=O)=O. The van der Waals surface area contributed by atoms with E-state index in [9.17, 15) is 18.3 Å². The molecular formula is C12H24N2O4S. The number of sulfonamides is 1. The number of rotatable bonds is 5. The number of likely N-dealkylation sites (N-methyl/N-ethyl adjacent to an activating group) is 1. The average molecular weight is 292 g/mol. The van der Waals surface area contributed by atoms with Gasteiger partial charge in [-0.15, -0.1) is 0 Å². The molecule has 7 heteroatoms. The molecule has 1 amide bonds. The topological polar surface area (TPSA) is 77.9 Å². The second kappa shape index (κ2) is 6.67. The molecule has 1 aliphatic rings. The van der Waals surface area contributed by atoms with Crippen LogP contribution in [0.25, 0.3) is 0 Å². The Balaban J connectivity index is 2.72. The molecule has 6 nitrogen and oxygen atoms in total. The summed E-state index contributed by atoms with van der Waals surface area (Å²) in [4.78, 5) is 13.8. The van der Waals surface area contributed by atoms with Crippen LogP contribution in [0.4, 0.5) is 0 Å². The minimum atomic E-state index is -3.35. The van der Waals surface area contributed by atoms with E-state index in [1.165, 1.54) is 9.21 Å². The molecule has 2 atom stereocenters. The number of hydrogen-bond acceptors (Lipinski definition) is 4. The Bertz CT molecular complexity index is 408. The van der Waals surface area contributed by atoms with Crippen molar-refractivity contribution >= 4 is 15.9 Å². The van der Waals surface area contributed by atoms with Gasteiger partial charge in [0.05, 0.1) is 12.4 Å². The van der Waals surface area contributed by atoms with E-state index >= 15 is 0 Å². The molecule has 0 saturated carbocycles. The van der Waals surface area contributed by atoms with Gasteiger partial charge in [0.2, 0.25) is 15.9 Å². The monoisotopic (exact) mass is 292 g/mol. The lowest BCUT2D eigenvalue weighted by atomic mass is 10.0. The predicted molar refractivity (Wildman–Crippen MR) is 73.1 cm³/mol. The van der Waals surface area contributed by atoms with Crippen molar-refractivity contribution in [2.45, 2.75) is 44.8 Å². The molecule has 0 aliphatic carbocycles. The molecule has 1 N–H and O–H groups in total. The quantitative estimate of drug-likeness (QED) is 0.775. The first-order valence-electron chi connectivity index (χ1n) is 6.63. The summed E-state index contributed by atoms with van der Waals surface area (Å²) in [6, 6.07) is -0.581. The van der Waals surface area contributed by atoms with E-state index in [0.29, 0.717) is 25.9 Å². The molecule has 1 aliphatic heterocycles. The van der Waals surface area contributed by atoms with Crippen molar-refractivity contribution in [3.63, 3.8) is 0 Å². The molecule has 0 aromatic heterocycles. The Hall–Kier alpha value is -0.660. The molecule has 2 unspecified atom stereocenters. The van der Waals surface area contributed by atoms with Gasteiger partial charge in [0, 0.05) is 20.1 Å². The van der Waals surface area contributed by atoms with Crippen molar-refractivity contribution in [3.05, 3.63) is 0 Å². The zero-order chi connectivity index (χ0) is 14.6. The lowest BCUT2D eigenvalue weighted by Gasteiger charge is -2.35. The maximum Gasteiger partial charge on any atom is 0.240 e. The zero-order valence-electron chi connectivity index (χ0n) is 11.9. The van der Waals surface area contributed by atoms with Crippen LogP contribution >= 0.6 is 0 Å². The van der Waals surface area contributed by atoms with Crippen molar-refractivity contribution < 1.29 is 18.3 Å². The van der Waals surface area contributed by atoms with Crippen molar-refractivity contribution in [2.24, 2.45) is 0 Å². The summed E-state index contributed by atoms with van der Waals surface area (Å²) in [6.45, 7) is 2.52. The summed E-state index contributed by atoms with van der Waals surface area (Å²) < 4.78 is 24.7. The predicted octanol–water partition coefficient (Wildman–Crippen LogP) is 0.0298. The highest BCUT2D eigenvalue weighted by molar-refractivity contribution is 7.88. The van der Waals surface area contributed by atoms with E-state index < -0.39 is 22.2 Å². The first-order valence-corrected chi connectivity index (χ1v) is 8.48. The normalized spacial score (nSPS) is 23.1. The van der Waals surface area contributed by atoms with Gasteiger partial charge < -0.3 is 10.0 Å². The van der Waals surface area contributed by atoms with Gasteiger partial charge in [0.15, 0.2) is 0 Å². The Kier molecular flexibility index (Phi) is 5.76. The van der Waals surface area contributed by atoms with E-state index in [0.717, 1.165) is 19.1 Å². The van der Waals surface area contributed by atoms with Gasteiger partial charge in [-0.3, -0.25) is 4.79 Å². The van der Waals surface area contributed by atoms with Crippen LogP contribution in [-0.4, -0.2) is 67.2 Å². The van der Waals surface area contributed by atoms with Crippen molar-refractivity contribution in [1.29, 1.82) is 0 Å². The molecule has 0 spiro atoms. The molecule has 0 aromatic rings. The summed E-state index contributed by atoms with van der Waals surface area (Å²) in [5.41, 5.74) is 0. The van der Waals surface area contributed by atoms with Crippen molar-refractivity contribution in [2.75, 3.05) is 26.4 Å². The first kappa shape index (κ1) is 16.4. The van der Waals surface area contributed by atoms with Crippen molar-refractivity contribution in [3.8, 4) is 0 Å². The van der Waals surface area contributed by atoms with E-state index in [2.05, 4.69) is 0 Å². The molecule has 1 fully saturated rings. The van der Waals surface area contributed by atoms with E-state index in [1.807, 2.05) is 0 Å². The smallest absolute Gasteiger partial charge is 0.240 e. The first-order chi connectivity index (χ1) is 8.73. The molecular weight excluding hydrogens is 268 g/mol. The van der Waals surface area contributed by atoms with E-state index in [4.69, 9.17) is 0 Å². The summed E-state index contributed by atoms with van der Waals surface area (Å²) in [5, 5.41) is 9.23. The summed E-state index contributed by atoms with van der Waals surface area (Å²) >= 11 is 0. The molecule has 1 saturated heterocycles. The number of amides is 1. The molecule has 0 radical (unpaired) electrons. The third-order valence-electron chi connectivity index (χ3n) is 3.42. The van der Waals surface area contributed by atoms with Gasteiger partial charge in [-0.1, -0.05) is 6.42 Å². The Labute approximate surface area is 115 Å². The maximum absolute atomic E-state index is 12.3. The summed E-state index contributed by atoms with van der Waals surface area (Å²) in [7, 11) is -1.70. The fourth-order valence-corrected chi connectivity index (χ4v) is 3.41. The standard InChI is InChI=1S/C12H24N2O4S/c1-10(15)7-9-13(2)12(16)11-6-4-5-8-14(11)19(3,17)18/h10-11,15H,4-9H2,1-3H3. The van der Waals surface area contributed by atoms with E-state index in [1.54, 1.807) is 14.0 Å². The number of aliphatic hydroxyl groups excluding tert-OH is 1. The number of hydrogen-bond donors (Lipinski definition) is 1. The van der Waals surface area contributed by atoms with Gasteiger partial charge in [-0.05, 0) is 26.2 Å². The molecule has 1 rings (SSSR count). The highest BCUT2D eigenvalue weighted by atomic mass is 32.2. The highest BCUT2D eigenvalue weighted by Gasteiger charge is 2.35. The lowest BCUT2D eigenvalue weighted by Crippen LogP contribution is -2.52. The van der Waals surface area contributed by atoms with Crippen LogP contribution in [0.15, 0.2) is 0 Å². The van der Waals surface area contributed by atoms with Crippen LogP contribution in [0, 0.1) is 0 Å². The molecule has 0 aromatic carbocycles. The van der Waals surface area contributed by atoms with Crippen LogP contribution < -0.4 is 0 Å². The van der Waals surface area contributed by atoms with Crippen LogP contribution in [0.1, 0.15) is 32.6 Å². The summed E-state index contributed by atoms with van der Waals surface area (Å²) in [5.74, 6) is -0.175. The number of piperidine rings is 1. The maximum atomic E-state index is 12.3. The van der Waals surface area contributed by atoms with Crippen LogP contribution in [0.2, 0.25) is 0 Å². The minimum Gasteiger partial charge on any atom is -0.393 e. The fourth-order valence-electron chi connectivity index (χ4n) is 2.29. The van der Waals surface area contributed by atoms with E-state index in [-0.39, 0.29) is 5.91 Å². The summed E-state index contributed by atoms with van der Waals surface area (Å²) in [6.07, 6.45) is 3.42. The second-order valence-electron chi connectivity index (χ2n) is 5.28. The third kappa shape index (κ3) is 4.74. The van der Waals surface area contributed by atoms with Crippen LogP contribution in [0.3, 0.4) is 0 Å². The van der Waals surface area contributed by atoms with Gasteiger partial charge in [-0.25, -0.2) is 8.42 Å². The highest BCUT2D eigenvalue weighted by Crippen LogP contribution is 2.21. The zero-order valence-corrected chi connectivity index (χ0v) is 12.7. The minimum absolute atomic E-state index is 0.175. The fraction of sp³-hybridized carbons (Fsp3) is 0.917. The number of nitrogens with zero attached hydrogens (tertiary/aromatic N) is 2. The molecule has 112 valence electrons. The third-order valence-corrected chi connectivity index (χ3v) is 4.71. The van der Waals surface area contributed by atoms with Gasteiger partial charge >= 0.3 is 0 Å². The van der Waals surface area contributed by atoms with Crippen LogP contribution in [-0.2, 0) is 14.8 Å². The Morgan fingerprint density at radius 2 is 2.11 bits per heavy atom. The average Bonchev–Trinajstić information content (AvgIpc) is 2.34. The second-order valence-corrected chi connectivity index (χ2v) is 7.22. The number of carbonyl (C=O) groups excluding carboxylic acids is 1. The Morgan fingerprint density at radius 1 is 1.47 bits per heavy atom.